The smallest absolute Gasteiger partial charge is 0.339 e. The third kappa shape index (κ3) is 3.68. The number of rotatable bonds is 6. The van der Waals surface area contributed by atoms with Gasteiger partial charge in [-0.05, 0) is 12.5 Å². The number of urea groups is 1. The molecule has 1 heterocycles. The molecule has 4 amide bonds. The topological polar surface area (TPSA) is 116 Å². The molecule has 0 unspecified atom stereocenters. The highest BCUT2D eigenvalue weighted by Gasteiger charge is 2.59. The number of nitrogens with one attached hydrogen (secondary N) is 1. The molecule has 9 nitrogen and oxygen atoms in total. The van der Waals surface area contributed by atoms with Crippen LogP contribution in [0.5, 0.6) is 0 Å². The molecule has 144 valence electrons. The number of amides is 4. The lowest BCUT2D eigenvalue weighted by Gasteiger charge is -2.38. The minimum atomic E-state index is -2.87. The number of esters is 1. The van der Waals surface area contributed by atoms with Crippen LogP contribution in [0.3, 0.4) is 0 Å². The van der Waals surface area contributed by atoms with Gasteiger partial charge in [0.05, 0.1) is 6.61 Å². The Hall–Kier alpha value is -3.20. The molecular formula is C18H21N3O6. The first-order valence-corrected chi connectivity index (χ1v) is 8.22. The third-order valence-corrected chi connectivity index (χ3v) is 4.08. The summed E-state index contributed by atoms with van der Waals surface area (Å²) in [5, 5.41) is 13.7. The van der Waals surface area contributed by atoms with E-state index in [1.165, 1.54) is 0 Å². The molecule has 2 rings (SSSR count). The Morgan fingerprint density at radius 3 is 2.22 bits per heavy atom. The predicted octanol–water partition coefficient (Wildman–Crippen LogP) is 0.00470. The Morgan fingerprint density at radius 2 is 1.70 bits per heavy atom. The molecule has 0 atom stereocenters. The van der Waals surface area contributed by atoms with Crippen LogP contribution < -0.4 is 5.32 Å². The summed E-state index contributed by atoms with van der Waals surface area (Å²) in [4.78, 5) is 50.5. The number of carbonyl (C=O) groups excluding carboxylic acids is 4. The van der Waals surface area contributed by atoms with Crippen molar-refractivity contribution in [2.24, 2.45) is 0 Å². The largest absolute Gasteiger partial charge is 0.462 e. The number of aliphatic hydroxyl groups is 1. The van der Waals surface area contributed by atoms with Gasteiger partial charge in [-0.25, -0.2) is 9.59 Å². The minimum absolute atomic E-state index is 0.0298. The van der Waals surface area contributed by atoms with Crippen LogP contribution in [-0.4, -0.2) is 65.0 Å². The molecule has 0 saturated carbocycles. The van der Waals surface area contributed by atoms with E-state index < -0.39 is 35.0 Å². The fourth-order valence-electron chi connectivity index (χ4n) is 2.59. The van der Waals surface area contributed by atoms with Gasteiger partial charge in [0.1, 0.15) is 5.57 Å². The zero-order valence-corrected chi connectivity index (χ0v) is 15.3. The number of hydrogen-bond donors (Lipinski definition) is 2. The van der Waals surface area contributed by atoms with E-state index in [0.29, 0.717) is 9.80 Å². The summed E-state index contributed by atoms with van der Waals surface area (Å²) in [5.41, 5.74) is -2.59. The number of carbonyl (C=O) groups is 4. The second kappa shape index (κ2) is 8.00. The molecule has 1 fully saturated rings. The van der Waals surface area contributed by atoms with Gasteiger partial charge >= 0.3 is 12.0 Å². The zero-order chi connectivity index (χ0) is 20.2. The first-order chi connectivity index (χ1) is 12.7. The van der Waals surface area contributed by atoms with Gasteiger partial charge in [-0.1, -0.05) is 30.3 Å². The molecule has 1 aromatic carbocycles. The van der Waals surface area contributed by atoms with E-state index in [0.717, 1.165) is 25.9 Å². The Bertz CT molecular complexity index is 766. The number of imide groups is 2. The fourth-order valence-corrected chi connectivity index (χ4v) is 2.59. The molecule has 0 radical (unpaired) electrons. The van der Waals surface area contributed by atoms with Crippen molar-refractivity contribution in [1.82, 2.24) is 15.1 Å². The van der Waals surface area contributed by atoms with Crippen molar-refractivity contribution < 1.29 is 29.0 Å². The van der Waals surface area contributed by atoms with Crippen LogP contribution in [0.1, 0.15) is 12.5 Å². The molecule has 1 saturated heterocycles. The van der Waals surface area contributed by atoms with Gasteiger partial charge in [-0.15, -0.1) is 0 Å². The zero-order valence-electron chi connectivity index (χ0n) is 15.3. The molecule has 1 aliphatic rings. The number of nitrogens with zero attached hydrogens (tertiary/aromatic N) is 2. The Balaban J connectivity index is 2.40. The highest BCUT2D eigenvalue weighted by Crippen LogP contribution is 2.28. The summed E-state index contributed by atoms with van der Waals surface area (Å²) in [6.45, 7) is 1.79. The highest BCUT2D eigenvalue weighted by molar-refractivity contribution is 6.26. The predicted molar refractivity (Wildman–Crippen MR) is 93.9 cm³/mol. The number of barbiturate groups is 1. The molecule has 1 aromatic rings. The summed E-state index contributed by atoms with van der Waals surface area (Å²) < 4.78 is 4.89. The van der Waals surface area contributed by atoms with E-state index in [4.69, 9.17) is 4.74 Å². The average Bonchev–Trinajstić information content (AvgIpc) is 2.67. The van der Waals surface area contributed by atoms with Gasteiger partial charge in [-0.2, -0.15) is 0 Å². The van der Waals surface area contributed by atoms with Crippen molar-refractivity contribution in [1.29, 1.82) is 0 Å². The number of hydrogen-bond acceptors (Lipinski definition) is 7. The summed E-state index contributed by atoms with van der Waals surface area (Å²) in [5.74, 6) is -3.49. The maximum Gasteiger partial charge on any atom is 0.339 e. The lowest BCUT2D eigenvalue weighted by molar-refractivity contribution is -0.167. The molecule has 9 heteroatoms. The summed E-state index contributed by atoms with van der Waals surface area (Å²) in [6.07, 6.45) is 1.07. The van der Waals surface area contributed by atoms with Crippen LogP contribution in [0, 0.1) is 0 Å². The third-order valence-electron chi connectivity index (χ3n) is 4.08. The lowest BCUT2D eigenvalue weighted by atomic mass is 9.89. The van der Waals surface area contributed by atoms with E-state index in [-0.39, 0.29) is 13.2 Å². The standard InChI is InChI=1S/C18H21N3O6/c1-4-27-14(22)13(11-19-10-12-8-6-5-7-9-12)18(26)15(23)20(2)17(25)21(3)16(18)24/h5-9,11,19,26H,4,10H2,1-3H3/b13-11+. The van der Waals surface area contributed by atoms with Crippen LogP contribution in [0.15, 0.2) is 42.1 Å². The molecule has 0 aliphatic carbocycles. The second-order valence-corrected chi connectivity index (χ2v) is 5.87. The van der Waals surface area contributed by atoms with Crippen molar-refractivity contribution in [3.63, 3.8) is 0 Å². The van der Waals surface area contributed by atoms with Gasteiger partial charge in [0, 0.05) is 26.8 Å². The van der Waals surface area contributed by atoms with E-state index in [2.05, 4.69) is 5.32 Å². The van der Waals surface area contributed by atoms with Crippen LogP contribution >= 0.6 is 0 Å². The summed E-state index contributed by atoms with van der Waals surface area (Å²) >= 11 is 0. The van der Waals surface area contributed by atoms with Crippen molar-refractivity contribution in [2.75, 3.05) is 20.7 Å². The van der Waals surface area contributed by atoms with Crippen LogP contribution in [0.2, 0.25) is 0 Å². The SMILES string of the molecule is CCOC(=O)/C(=C\NCc1ccccc1)C1(O)C(=O)N(C)C(=O)N(C)C1=O. The molecule has 1 aliphatic heterocycles. The molecular weight excluding hydrogens is 354 g/mol. The van der Waals surface area contributed by atoms with Crippen LogP contribution in [0.4, 0.5) is 4.79 Å². The van der Waals surface area contributed by atoms with Gasteiger partial charge in [0.15, 0.2) is 0 Å². The van der Waals surface area contributed by atoms with Crippen molar-refractivity contribution in [2.45, 2.75) is 19.1 Å². The lowest BCUT2D eigenvalue weighted by Crippen LogP contribution is -2.68. The Morgan fingerprint density at radius 1 is 1.15 bits per heavy atom. The average molecular weight is 375 g/mol. The van der Waals surface area contributed by atoms with E-state index in [9.17, 15) is 24.3 Å². The maximum atomic E-state index is 12.5. The molecule has 0 bridgehead atoms. The quantitative estimate of drug-likeness (QED) is 0.408. The van der Waals surface area contributed by atoms with Gasteiger partial charge in [-0.3, -0.25) is 19.4 Å². The first-order valence-electron chi connectivity index (χ1n) is 8.22. The van der Waals surface area contributed by atoms with Crippen molar-refractivity contribution >= 4 is 23.8 Å². The normalized spacial score (nSPS) is 17.2. The van der Waals surface area contributed by atoms with Crippen molar-refractivity contribution in [3.05, 3.63) is 47.7 Å². The van der Waals surface area contributed by atoms with Crippen LogP contribution in [-0.2, 0) is 25.7 Å². The second-order valence-electron chi connectivity index (χ2n) is 5.87. The maximum absolute atomic E-state index is 12.5. The molecule has 27 heavy (non-hydrogen) atoms. The van der Waals surface area contributed by atoms with Gasteiger partial charge in [0.25, 0.3) is 17.4 Å². The molecule has 2 N–H and O–H groups in total. The number of benzene rings is 1. The Labute approximate surface area is 156 Å². The summed E-state index contributed by atoms with van der Waals surface area (Å²) in [6, 6.07) is 8.24. The first kappa shape index (κ1) is 20.1. The van der Waals surface area contributed by atoms with Gasteiger partial charge in [0.2, 0.25) is 0 Å². The minimum Gasteiger partial charge on any atom is -0.462 e. The molecule has 0 aromatic heterocycles. The number of ether oxygens (including phenoxy) is 1. The highest BCUT2D eigenvalue weighted by atomic mass is 16.5. The fraction of sp³-hybridized carbons (Fsp3) is 0.333. The number of likely N-dealkylation sites (N-methyl/N-ethyl adjacent to an activating group) is 2. The van der Waals surface area contributed by atoms with Crippen molar-refractivity contribution in [3.8, 4) is 0 Å². The Kier molecular flexibility index (Phi) is 5.96. The van der Waals surface area contributed by atoms with Crippen LogP contribution in [0.25, 0.3) is 0 Å². The van der Waals surface area contributed by atoms with E-state index in [1.807, 2.05) is 30.3 Å². The van der Waals surface area contributed by atoms with E-state index in [1.54, 1.807) is 6.92 Å². The monoisotopic (exact) mass is 375 g/mol. The van der Waals surface area contributed by atoms with E-state index >= 15 is 0 Å². The molecule has 0 spiro atoms. The summed E-state index contributed by atoms with van der Waals surface area (Å²) in [7, 11) is 2.22. The van der Waals surface area contributed by atoms with Gasteiger partial charge < -0.3 is 15.2 Å².